The maximum atomic E-state index is 6.34. The van der Waals surface area contributed by atoms with E-state index >= 15 is 0 Å². The molecule has 0 aliphatic rings. The van der Waals surface area contributed by atoms with Gasteiger partial charge in [0.2, 0.25) is 0 Å². The van der Waals surface area contributed by atoms with Crippen molar-refractivity contribution in [3.63, 3.8) is 0 Å². The minimum absolute atomic E-state index is 0.511. The van der Waals surface area contributed by atoms with Crippen LogP contribution >= 0.6 is 0 Å². The molecule has 2 heterocycles. The quantitative estimate of drug-likeness (QED) is 0.272. The van der Waals surface area contributed by atoms with Gasteiger partial charge in [0.25, 0.3) is 0 Å². The minimum Gasteiger partial charge on any atom is -0.457 e. The summed E-state index contributed by atoms with van der Waals surface area (Å²) in [7, 11) is 0.454. The Morgan fingerprint density at radius 1 is 0.941 bits per heavy atom. The van der Waals surface area contributed by atoms with Crippen molar-refractivity contribution in [2.75, 3.05) is 0 Å². The minimum atomic E-state index is -1.43. The Morgan fingerprint density at radius 2 is 1.76 bits per heavy atom. The smallest absolute Gasteiger partial charge is 0.130 e. The van der Waals surface area contributed by atoms with Crippen molar-refractivity contribution in [2.24, 2.45) is 7.05 Å². The molecule has 0 saturated carbocycles. The Morgan fingerprint density at radius 3 is 2.56 bits per heavy atom. The number of hydrogen-bond acceptors (Lipinski definition) is 5. The van der Waals surface area contributed by atoms with Crippen molar-refractivity contribution < 1.29 is 4.74 Å². The molecule has 34 heavy (non-hydrogen) atoms. The van der Waals surface area contributed by atoms with Gasteiger partial charge in [-0.05, 0) is 48.9 Å². The third-order valence-electron chi connectivity index (χ3n) is 5.49. The monoisotopic (exact) mass is 466 g/mol. The van der Waals surface area contributed by atoms with Crippen molar-refractivity contribution >= 4 is 30.1 Å². The van der Waals surface area contributed by atoms with Gasteiger partial charge in [-0.3, -0.25) is 0 Å². The second-order valence-corrected chi connectivity index (χ2v) is 14.2. The van der Waals surface area contributed by atoms with Gasteiger partial charge in [0.15, 0.2) is 0 Å². The van der Waals surface area contributed by atoms with E-state index in [0.29, 0.717) is 6.54 Å². The topological polar surface area (TPSA) is 70.7 Å². The number of ether oxygens (including phenoxy) is 1. The molecule has 0 unspecified atom stereocenters. The normalized spacial score (nSPS) is 11.6. The zero-order valence-corrected chi connectivity index (χ0v) is 21.0. The van der Waals surface area contributed by atoms with Crippen LogP contribution < -0.4 is 4.74 Å². The fourth-order valence-electron chi connectivity index (χ4n) is 3.77. The van der Waals surface area contributed by atoms with E-state index in [0.717, 1.165) is 50.3 Å². The number of nitrogens with zero attached hydrogens (tertiary/aromatic N) is 6. The van der Waals surface area contributed by atoms with Crippen LogP contribution in [0.3, 0.4) is 0 Å². The molecule has 0 aliphatic heterocycles. The number of aryl methyl sites for hydroxylation is 2. The Balaban J connectivity index is 1.50. The van der Waals surface area contributed by atoms with Crippen LogP contribution in [0, 0.1) is 18.4 Å². The molecule has 0 aliphatic carbocycles. The summed E-state index contributed by atoms with van der Waals surface area (Å²) in [4.78, 5) is 0. The largest absolute Gasteiger partial charge is 0.457 e. The standard InChI is InChI=1S/C26H26N6OSi/c1-18-14-19(12-13-34(3,4)5)10-11-25(18)33-21-15-20(26-24(16-21)31(2)29-28-26)17-32-23-9-7-6-8-22(23)27-30-32/h6-11,14-16H,17H2,1-5H3. The Bertz CT molecular complexity index is 1580. The summed E-state index contributed by atoms with van der Waals surface area (Å²) in [6.07, 6.45) is 0. The first-order valence-electron chi connectivity index (χ1n) is 11.2. The van der Waals surface area contributed by atoms with Gasteiger partial charge in [0, 0.05) is 24.2 Å². The highest BCUT2D eigenvalue weighted by molar-refractivity contribution is 6.83. The highest BCUT2D eigenvalue weighted by Gasteiger charge is 2.15. The zero-order valence-electron chi connectivity index (χ0n) is 20.0. The third-order valence-corrected chi connectivity index (χ3v) is 6.37. The van der Waals surface area contributed by atoms with Crippen LogP contribution in [0.1, 0.15) is 16.7 Å². The average Bonchev–Trinajstić information content (AvgIpc) is 3.37. The molecule has 0 saturated heterocycles. The molecule has 8 heteroatoms. The Labute approximate surface area is 199 Å². The van der Waals surface area contributed by atoms with Crippen LogP contribution in [0.25, 0.3) is 22.1 Å². The summed E-state index contributed by atoms with van der Waals surface area (Å²) in [5, 5.41) is 17.2. The molecular formula is C26H26N6OSi. The SMILES string of the molecule is Cc1cc(C#C[Si](C)(C)C)ccc1Oc1cc(Cn2nnc3ccccc32)c2nnn(C)c2c1. The second-order valence-electron chi connectivity index (χ2n) is 9.48. The zero-order chi connectivity index (χ0) is 23.9. The molecule has 3 aromatic carbocycles. The molecule has 0 N–H and O–H groups in total. The van der Waals surface area contributed by atoms with Crippen LogP contribution in [-0.4, -0.2) is 38.1 Å². The van der Waals surface area contributed by atoms with E-state index in [1.54, 1.807) is 4.68 Å². The second kappa shape index (κ2) is 8.43. The van der Waals surface area contributed by atoms with E-state index in [2.05, 4.69) is 57.8 Å². The number of para-hydroxylation sites is 1. The average molecular weight is 467 g/mol. The lowest BCUT2D eigenvalue weighted by molar-refractivity contribution is 0.478. The number of benzene rings is 3. The first-order chi connectivity index (χ1) is 16.3. The van der Waals surface area contributed by atoms with Gasteiger partial charge in [-0.15, -0.1) is 15.7 Å². The van der Waals surface area contributed by atoms with Crippen molar-refractivity contribution in [2.45, 2.75) is 33.1 Å². The van der Waals surface area contributed by atoms with Gasteiger partial charge in [-0.2, -0.15) is 0 Å². The highest BCUT2D eigenvalue weighted by Crippen LogP contribution is 2.30. The van der Waals surface area contributed by atoms with Gasteiger partial charge in [-0.1, -0.05) is 48.1 Å². The third kappa shape index (κ3) is 4.43. The summed E-state index contributed by atoms with van der Waals surface area (Å²) in [5.41, 5.74) is 9.98. The summed E-state index contributed by atoms with van der Waals surface area (Å²) in [6, 6.07) is 18.0. The fraction of sp³-hybridized carbons (Fsp3) is 0.231. The molecular weight excluding hydrogens is 440 g/mol. The lowest BCUT2D eigenvalue weighted by atomic mass is 10.1. The summed E-state index contributed by atoms with van der Waals surface area (Å²) in [6.45, 7) is 9.28. The van der Waals surface area contributed by atoms with Crippen LogP contribution in [-0.2, 0) is 13.6 Å². The predicted molar refractivity (Wildman–Crippen MR) is 137 cm³/mol. The molecule has 7 nitrogen and oxygen atoms in total. The van der Waals surface area contributed by atoms with E-state index < -0.39 is 8.07 Å². The van der Waals surface area contributed by atoms with E-state index in [-0.39, 0.29) is 0 Å². The van der Waals surface area contributed by atoms with Crippen molar-refractivity contribution in [3.8, 4) is 23.0 Å². The summed E-state index contributed by atoms with van der Waals surface area (Å²) >= 11 is 0. The number of rotatable bonds is 4. The Hall–Kier alpha value is -3.96. The molecule has 0 atom stereocenters. The molecule has 0 radical (unpaired) electrons. The molecule has 0 bridgehead atoms. The molecule has 5 rings (SSSR count). The van der Waals surface area contributed by atoms with Crippen molar-refractivity contribution in [1.29, 1.82) is 0 Å². The van der Waals surface area contributed by atoms with E-state index in [1.807, 2.05) is 67.2 Å². The first-order valence-corrected chi connectivity index (χ1v) is 14.7. The maximum Gasteiger partial charge on any atom is 0.130 e. The van der Waals surface area contributed by atoms with E-state index in [4.69, 9.17) is 4.74 Å². The van der Waals surface area contributed by atoms with Crippen molar-refractivity contribution in [3.05, 3.63) is 71.3 Å². The van der Waals surface area contributed by atoms with Crippen LogP contribution in [0.2, 0.25) is 19.6 Å². The lowest BCUT2D eigenvalue weighted by Gasteiger charge is -2.12. The number of hydrogen-bond donors (Lipinski definition) is 0. The predicted octanol–water partition coefficient (Wildman–Crippen LogP) is 5.09. The lowest BCUT2D eigenvalue weighted by Crippen LogP contribution is -2.16. The summed E-state index contributed by atoms with van der Waals surface area (Å²) < 4.78 is 9.97. The molecule has 0 fully saturated rings. The van der Waals surface area contributed by atoms with Crippen LogP contribution in [0.5, 0.6) is 11.5 Å². The maximum absolute atomic E-state index is 6.34. The van der Waals surface area contributed by atoms with Gasteiger partial charge in [-0.25, -0.2) is 9.36 Å². The molecule has 170 valence electrons. The molecule has 0 amide bonds. The van der Waals surface area contributed by atoms with Crippen LogP contribution in [0.15, 0.2) is 54.6 Å². The summed E-state index contributed by atoms with van der Waals surface area (Å²) in [5.74, 6) is 4.83. The van der Waals surface area contributed by atoms with E-state index in [1.165, 1.54) is 0 Å². The van der Waals surface area contributed by atoms with Gasteiger partial charge >= 0.3 is 0 Å². The van der Waals surface area contributed by atoms with Gasteiger partial charge in [0.05, 0.1) is 17.6 Å². The fourth-order valence-corrected chi connectivity index (χ4v) is 4.29. The number of fused-ring (bicyclic) bond motifs is 2. The van der Waals surface area contributed by atoms with Gasteiger partial charge in [0.1, 0.15) is 30.6 Å². The van der Waals surface area contributed by atoms with E-state index in [9.17, 15) is 0 Å². The highest BCUT2D eigenvalue weighted by atomic mass is 28.3. The van der Waals surface area contributed by atoms with Gasteiger partial charge < -0.3 is 4.74 Å². The molecule has 5 aromatic rings. The molecule has 2 aromatic heterocycles. The Kier molecular flexibility index (Phi) is 5.42. The molecule has 0 spiro atoms. The number of aromatic nitrogens is 6. The van der Waals surface area contributed by atoms with Crippen LogP contribution in [0.4, 0.5) is 0 Å². The van der Waals surface area contributed by atoms with Crippen molar-refractivity contribution in [1.82, 2.24) is 30.0 Å². The first kappa shape index (κ1) is 21.9.